The summed E-state index contributed by atoms with van der Waals surface area (Å²) in [5, 5.41) is 12.6. The summed E-state index contributed by atoms with van der Waals surface area (Å²) in [7, 11) is 1.54. The first kappa shape index (κ1) is 17.7. The molecule has 0 atom stereocenters. The van der Waals surface area contributed by atoms with Crippen molar-refractivity contribution < 1.29 is 19.4 Å². The van der Waals surface area contributed by atoms with Crippen LogP contribution in [0.2, 0.25) is 0 Å². The fourth-order valence-electron chi connectivity index (χ4n) is 2.17. The number of rotatable bonds is 5. The summed E-state index contributed by atoms with van der Waals surface area (Å²) in [6.45, 7) is 6.01. The first-order valence-corrected chi connectivity index (χ1v) is 7.70. The fourth-order valence-corrected chi connectivity index (χ4v) is 2.17. The number of benzene rings is 2. The lowest BCUT2D eigenvalue weighted by Crippen LogP contribution is -2.21. The van der Waals surface area contributed by atoms with Gasteiger partial charge in [0, 0.05) is 0 Å². The molecule has 0 saturated carbocycles. The number of aromatic hydroxyl groups is 1. The predicted molar refractivity (Wildman–Crippen MR) is 93.9 cm³/mol. The summed E-state index contributed by atoms with van der Waals surface area (Å²) >= 11 is 0. The fraction of sp³-hybridized carbons (Fsp3) is 0.316. The maximum absolute atomic E-state index is 12.1. The molecule has 0 spiro atoms. The highest BCUT2D eigenvalue weighted by Crippen LogP contribution is 2.31. The van der Waals surface area contributed by atoms with Crippen molar-refractivity contribution in [3.63, 3.8) is 0 Å². The van der Waals surface area contributed by atoms with Crippen LogP contribution >= 0.6 is 0 Å². The molecule has 5 heteroatoms. The van der Waals surface area contributed by atoms with Crippen LogP contribution in [0.5, 0.6) is 17.2 Å². The summed E-state index contributed by atoms with van der Waals surface area (Å²) < 4.78 is 10.7. The molecule has 0 radical (unpaired) electrons. The molecule has 0 aliphatic rings. The molecule has 2 rings (SSSR count). The number of hydrogen-bond donors (Lipinski definition) is 2. The van der Waals surface area contributed by atoms with E-state index in [0.29, 0.717) is 17.2 Å². The Bertz CT molecular complexity index is 720. The average Bonchev–Trinajstić information content (AvgIpc) is 2.54. The molecule has 1 amide bonds. The van der Waals surface area contributed by atoms with Gasteiger partial charge in [0.15, 0.2) is 18.1 Å². The van der Waals surface area contributed by atoms with Crippen molar-refractivity contribution in [2.45, 2.75) is 26.2 Å². The number of carbonyl (C=O) groups excluding carboxylic acids is 1. The van der Waals surface area contributed by atoms with E-state index in [1.54, 1.807) is 30.3 Å². The van der Waals surface area contributed by atoms with Crippen molar-refractivity contribution in [2.75, 3.05) is 19.0 Å². The Kier molecular flexibility index (Phi) is 5.34. The molecular formula is C19H23NO4. The number of ether oxygens (including phenoxy) is 2. The van der Waals surface area contributed by atoms with Crippen molar-refractivity contribution in [2.24, 2.45) is 0 Å². The van der Waals surface area contributed by atoms with Crippen LogP contribution in [0.3, 0.4) is 0 Å². The number of anilines is 1. The average molecular weight is 329 g/mol. The number of amides is 1. The minimum Gasteiger partial charge on any atom is -0.506 e. The number of hydrogen-bond acceptors (Lipinski definition) is 4. The number of phenolic OH excluding ortho intramolecular Hbond substituents is 1. The van der Waals surface area contributed by atoms with Gasteiger partial charge in [-0.25, -0.2) is 0 Å². The third-order valence-electron chi connectivity index (χ3n) is 3.56. The minimum absolute atomic E-state index is 0.0219. The van der Waals surface area contributed by atoms with Gasteiger partial charge in [0.1, 0.15) is 5.75 Å². The van der Waals surface area contributed by atoms with E-state index in [0.717, 1.165) is 5.56 Å². The molecular weight excluding hydrogens is 306 g/mol. The van der Waals surface area contributed by atoms with E-state index in [1.165, 1.54) is 7.11 Å². The Hall–Kier alpha value is -2.69. The van der Waals surface area contributed by atoms with Gasteiger partial charge < -0.3 is 19.9 Å². The van der Waals surface area contributed by atoms with Crippen LogP contribution in [0, 0.1) is 0 Å². The Morgan fingerprint density at radius 2 is 1.79 bits per heavy atom. The molecule has 2 aromatic carbocycles. The first-order valence-electron chi connectivity index (χ1n) is 7.70. The third-order valence-corrected chi connectivity index (χ3v) is 3.56. The van der Waals surface area contributed by atoms with Crippen LogP contribution in [-0.2, 0) is 10.2 Å². The molecule has 0 fully saturated rings. The van der Waals surface area contributed by atoms with Crippen molar-refractivity contribution in [1.82, 2.24) is 0 Å². The van der Waals surface area contributed by atoms with Gasteiger partial charge in [-0.2, -0.15) is 0 Å². The van der Waals surface area contributed by atoms with E-state index < -0.39 is 0 Å². The van der Waals surface area contributed by atoms with Gasteiger partial charge in [0.2, 0.25) is 0 Å². The van der Waals surface area contributed by atoms with Crippen molar-refractivity contribution in [3.05, 3.63) is 48.0 Å². The molecule has 2 N–H and O–H groups in total. The first-order chi connectivity index (χ1) is 11.3. The molecule has 0 aliphatic carbocycles. The number of methoxy groups -OCH3 is 1. The lowest BCUT2D eigenvalue weighted by Gasteiger charge is -2.20. The van der Waals surface area contributed by atoms with E-state index in [1.807, 2.05) is 12.1 Å². The normalized spacial score (nSPS) is 11.0. The Labute approximate surface area is 142 Å². The highest BCUT2D eigenvalue weighted by atomic mass is 16.5. The zero-order valence-corrected chi connectivity index (χ0v) is 14.4. The van der Waals surface area contributed by atoms with E-state index in [4.69, 9.17) is 9.47 Å². The zero-order chi connectivity index (χ0) is 17.7. The number of nitrogens with one attached hydrogen (secondary N) is 1. The molecule has 24 heavy (non-hydrogen) atoms. The van der Waals surface area contributed by atoms with Crippen molar-refractivity contribution in [1.29, 1.82) is 0 Å². The topological polar surface area (TPSA) is 67.8 Å². The van der Waals surface area contributed by atoms with Crippen LogP contribution in [0.4, 0.5) is 5.69 Å². The van der Waals surface area contributed by atoms with E-state index in [9.17, 15) is 9.90 Å². The predicted octanol–water partition coefficient (Wildman–Crippen LogP) is 3.72. The monoisotopic (exact) mass is 329 g/mol. The van der Waals surface area contributed by atoms with Gasteiger partial charge >= 0.3 is 0 Å². The largest absolute Gasteiger partial charge is 0.506 e. The van der Waals surface area contributed by atoms with Gasteiger partial charge in [-0.3, -0.25) is 4.79 Å². The molecule has 0 heterocycles. The van der Waals surface area contributed by atoms with Crippen LogP contribution < -0.4 is 14.8 Å². The summed E-state index contributed by atoms with van der Waals surface area (Å²) in [5.74, 6) is 0.710. The second kappa shape index (κ2) is 7.25. The molecule has 0 saturated heterocycles. The van der Waals surface area contributed by atoms with Crippen LogP contribution in [0.15, 0.2) is 42.5 Å². The smallest absolute Gasteiger partial charge is 0.262 e. The quantitative estimate of drug-likeness (QED) is 0.821. The Morgan fingerprint density at radius 3 is 2.42 bits per heavy atom. The Balaban J connectivity index is 2.05. The number of carbonyl (C=O) groups is 1. The van der Waals surface area contributed by atoms with Gasteiger partial charge in [-0.15, -0.1) is 0 Å². The maximum Gasteiger partial charge on any atom is 0.262 e. The molecule has 128 valence electrons. The highest BCUT2D eigenvalue weighted by molar-refractivity contribution is 5.93. The molecule has 0 aliphatic heterocycles. The number of phenols is 1. The van der Waals surface area contributed by atoms with Crippen molar-refractivity contribution in [3.8, 4) is 17.2 Å². The van der Waals surface area contributed by atoms with Crippen LogP contribution in [0.1, 0.15) is 26.3 Å². The summed E-state index contributed by atoms with van der Waals surface area (Å²) in [4.78, 5) is 12.1. The summed E-state index contributed by atoms with van der Waals surface area (Å²) in [5.41, 5.74) is 1.30. The van der Waals surface area contributed by atoms with Gasteiger partial charge in [-0.05, 0) is 35.2 Å². The van der Waals surface area contributed by atoms with Gasteiger partial charge in [-0.1, -0.05) is 39.0 Å². The summed E-state index contributed by atoms with van der Waals surface area (Å²) in [6, 6.07) is 12.3. The molecule has 0 bridgehead atoms. The molecule has 2 aromatic rings. The summed E-state index contributed by atoms with van der Waals surface area (Å²) in [6.07, 6.45) is 0. The molecule has 0 unspecified atom stereocenters. The van der Waals surface area contributed by atoms with Gasteiger partial charge in [0.05, 0.1) is 12.8 Å². The lowest BCUT2D eigenvalue weighted by atomic mass is 9.87. The maximum atomic E-state index is 12.1. The van der Waals surface area contributed by atoms with E-state index >= 15 is 0 Å². The second-order valence-electron chi connectivity index (χ2n) is 6.47. The molecule has 0 aromatic heterocycles. The number of para-hydroxylation sites is 2. The van der Waals surface area contributed by atoms with Gasteiger partial charge in [0.25, 0.3) is 5.91 Å². The lowest BCUT2D eigenvalue weighted by molar-refractivity contribution is -0.118. The Morgan fingerprint density at radius 1 is 1.12 bits per heavy atom. The third kappa shape index (κ3) is 4.41. The standard InChI is InChI=1S/C19H23NO4/c1-19(2,3)13-9-10-15(21)14(11-13)20-18(22)12-24-17-8-6-5-7-16(17)23-4/h5-11,21H,12H2,1-4H3,(H,20,22). The SMILES string of the molecule is COc1ccccc1OCC(=O)Nc1cc(C(C)(C)C)ccc1O. The van der Waals surface area contributed by atoms with Crippen molar-refractivity contribution >= 4 is 11.6 Å². The van der Waals surface area contributed by atoms with Crippen LogP contribution in [0.25, 0.3) is 0 Å². The second-order valence-corrected chi connectivity index (χ2v) is 6.47. The zero-order valence-electron chi connectivity index (χ0n) is 14.4. The van der Waals surface area contributed by atoms with Crippen LogP contribution in [-0.4, -0.2) is 24.7 Å². The van der Waals surface area contributed by atoms with E-state index in [-0.39, 0.29) is 23.7 Å². The minimum atomic E-state index is -0.359. The highest BCUT2D eigenvalue weighted by Gasteiger charge is 2.16. The van der Waals surface area contributed by atoms with E-state index in [2.05, 4.69) is 26.1 Å². The molecule has 5 nitrogen and oxygen atoms in total.